The molecule has 0 saturated carbocycles. The first kappa shape index (κ1) is 13.1. The molecule has 20 heavy (non-hydrogen) atoms. The smallest absolute Gasteiger partial charge is 0.166 e. The maximum Gasteiger partial charge on any atom is 0.166 e. The molecule has 0 aliphatic heterocycles. The number of thiophene rings is 2. The van der Waals surface area contributed by atoms with Gasteiger partial charge in [0.1, 0.15) is 0 Å². The molecule has 0 bridgehead atoms. The summed E-state index contributed by atoms with van der Waals surface area (Å²) in [4.78, 5) is 2.44. The summed E-state index contributed by atoms with van der Waals surface area (Å²) in [5.74, 6) is -0.938. The molecule has 0 saturated heterocycles. The normalized spacial score (nSPS) is 10.7. The van der Waals surface area contributed by atoms with E-state index in [1.165, 1.54) is 27.5 Å². The van der Waals surface area contributed by atoms with E-state index < -0.39 is 5.82 Å². The Bertz CT molecular complexity index is 706. The number of benzene rings is 1. The second-order valence-corrected chi connectivity index (χ2v) is 6.24. The van der Waals surface area contributed by atoms with Crippen molar-refractivity contribution in [1.82, 2.24) is 0 Å². The van der Waals surface area contributed by atoms with Crippen molar-refractivity contribution in [3.05, 3.63) is 57.9 Å². The predicted octanol–water partition coefficient (Wildman–Crippen LogP) is 4.93. The lowest BCUT2D eigenvalue weighted by molar-refractivity contribution is 0.432. The van der Waals surface area contributed by atoms with E-state index in [2.05, 4.69) is 28.2 Å². The summed E-state index contributed by atoms with van der Waals surface area (Å²) >= 11 is 3.39. The average molecular weight is 305 g/mol. The summed E-state index contributed by atoms with van der Waals surface area (Å²) in [6.45, 7) is 0.639. The van der Waals surface area contributed by atoms with Crippen molar-refractivity contribution in [3.63, 3.8) is 0 Å². The van der Waals surface area contributed by atoms with Crippen LogP contribution in [0.1, 0.15) is 4.88 Å². The topological polar surface area (TPSA) is 32.3 Å². The number of halogens is 1. The van der Waals surface area contributed by atoms with E-state index in [1.807, 2.05) is 6.07 Å². The summed E-state index contributed by atoms with van der Waals surface area (Å²) in [6, 6.07) is 10.6. The van der Waals surface area contributed by atoms with Gasteiger partial charge in [0.05, 0.1) is 0 Å². The standard InChI is InChI=1S/C15H12FNOS2/c16-13-7-11(3-4-14(13)18)17-8-12-6-10(9-20-12)15-2-1-5-19-15/h1-7,9,17-18H,8H2. The number of rotatable bonds is 4. The number of hydrogen-bond acceptors (Lipinski definition) is 4. The van der Waals surface area contributed by atoms with Gasteiger partial charge in [0, 0.05) is 33.6 Å². The highest BCUT2D eigenvalue weighted by Crippen LogP contribution is 2.29. The molecule has 1 aromatic carbocycles. The van der Waals surface area contributed by atoms with E-state index in [1.54, 1.807) is 28.7 Å². The molecule has 0 spiro atoms. The lowest BCUT2D eigenvalue weighted by atomic mass is 10.2. The average Bonchev–Trinajstić information content (AvgIpc) is 3.09. The highest BCUT2D eigenvalue weighted by molar-refractivity contribution is 7.14. The quantitative estimate of drug-likeness (QED) is 0.670. The van der Waals surface area contributed by atoms with Crippen LogP contribution in [0.2, 0.25) is 0 Å². The number of anilines is 1. The van der Waals surface area contributed by atoms with Crippen LogP contribution in [-0.4, -0.2) is 5.11 Å². The Morgan fingerprint density at radius 2 is 2.05 bits per heavy atom. The van der Waals surface area contributed by atoms with Gasteiger partial charge < -0.3 is 10.4 Å². The van der Waals surface area contributed by atoms with E-state index in [4.69, 9.17) is 5.11 Å². The van der Waals surface area contributed by atoms with Gasteiger partial charge in [-0.05, 0) is 35.0 Å². The van der Waals surface area contributed by atoms with Crippen molar-refractivity contribution in [2.75, 3.05) is 5.32 Å². The van der Waals surface area contributed by atoms with Crippen molar-refractivity contribution in [2.45, 2.75) is 6.54 Å². The van der Waals surface area contributed by atoms with Crippen molar-refractivity contribution in [1.29, 1.82) is 0 Å². The Kier molecular flexibility index (Phi) is 3.71. The minimum atomic E-state index is -0.611. The van der Waals surface area contributed by atoms with Gasteiger partial charge in [-0.25, -0.2) is 4.39 Å². The van der Waals surface area contributed by atoms with Gasteiger partial charge >= 0.3 is 0 Å². The van der Waals surface area contributed by atoms with Crippen molar-refractivity contribution < 1.29 is 9.50 Å². The first-order chi connectivity index (χ1) is 9.72. The van der Waals surface area contributed by atoms with Gasteiger partial charge in [-0.15, -0.1) is 22.7 Å². The monoisotopic (exact) mass is 305 g/mol. The number of aromatic hydroxyl groups is 1. The van der Waals surface area contributed by atoms with E-state index in [9.17, 15) is 4.39 Å². The molecule has 3 rings (SSSR count). The molecule has 0 radical (unpaired) electrons. The highest BCUT2D eigenvalue weighted by atomic mass is 32.1. The Labute approximate surface area is 124 Å². The molecule has 3 aromatic rings. The molecule has 2 aromatic heterocycles. The molecule has 5 heteroatoms. The van der Waals surface area contributed by atoms with Crippen LogP contribution in [0.3, 0.4) is 0 Å². The lowest BCUT2D eigenvalue weighted by Crippen LogP contribution is -1.97. The minimum Gasteiger partial charge on any atom is -0.505 e. The summed E-state index contributed by atoms with van der Waals surface area (Å²) in [5.41, 5.74) is 1.88. The van der Waals surface area contributed by atoms with Crippen LogP contribution in [0.5, 0.6) is 5.75 Å². The maximum atomic E-state index is 13.2. The summed E-state index contributed by atoms with van der Waals surface area (Å²) in [6.07, 6.45) is 0. The largest absolute Gasteiger partial charge is 0.505 e. The fourth-order valence-corrected chi connectivity index (χ4v) is 3.46. The zero-order valence-corrected chi connectivity index (χ0v) is 12.1. The lowest BCUT2D eigenvalue weighted by Gasteiger charge is -2.05. The number of nitrogens with one attached hydrogen (secondary N) is 1. The highest BCUT2D eigenvalue weighted by Gasteiger charge is 2.05. The Hall–Kier alpha value is -1.85. The number of phenols is 1. The molecule has 102 valence electrons. The van der Waals surface area contributed by atoms with Crippen molar-refractivity contribution in [3.8, 4) is 16.2 Å². The summed E-state index contributed by atoms with van der Waals surface area (Å²) in [7, 11) is 0. The van der Waals surface area contributed by atoms with Crippen LogP contribution in [0.15, 0.2) is 47.2 Å². The molecule has 0 aliphatic carbocycles. The van der Waals surface area contributed by atoms with E-state index >= 15 is 0 Å². The fourth-order valence-electron chi connectivity index (χ4n) is 1.85. The molecule has 0 amide bonds. The van der Waals surface area contributed by atoms with E-state index in [-0.39, 0.29) is 5.75 Å². The van der Waals surface area contributed by atoms with Gasteiger partial charge in [-0.2, -0.15) is 0 Å². The first-order valence-electron chi connectivity index (χ1n) is 6.06. The van der Waals surface area contributed by atoms with Gasteiger partial charge in [0.2, 0.25) is 0 Å². The molecule has 0 fully saturated rings. The Balaban J connectivity index is 1.68. The van der Waals surface area contributed by atoms with E-state index in [0.29, 0.717) is 12.2 Å². The Morgan fingerprint density at radius 1 is 1.15 bits per heavy atom. The Morgan fingerprint density at radius 3 is 2.80 bits per heavy atom. The zero-order valence-electron chi connectivity index (χ0n) is 10.5. The van der Waals surface area contributed by atoms with Crippen molar-refractivity contribution in [2.24, 2.45) is 0 Å². The van der Waals surface area contributed by atoms with Crippen LogP contribution in [0, 0.1) is 5.82 Å². The molecule has 0 atom stereocenters. The van der Waals surface area contributed by atoms with Crippen LogP contribution in [-0.2, 0) is 6.54 Å². The molecular formula is C15H12FNOS2. The summed E-state index contributed by atoms with van der Waals surface area (Å²) in [5, 5.41) is 16.5. The molecular weight excluding hydrogens is 293 g/mol. The summed E-state index contributed by atoms with van der Waals surface area (Å²) < 4.78 is 13.2. The molecule has 2 nitrogen and oxygen atoms in total. The molecule has 0 unspecified atom stereocenters. The third-order valence-corrected chi connectivity index (χ3v) is 4.73. The second-order valence-electron chi connectivity index (χ2n) is 4.30. The third-order valence-electron chi connectivity index (χ3n) is 2.87. The SMILES string of the molecule is Oc1ccc(NCc2cc(-c3cccs3)cs2)cc1F. The van der Waals surface area contributed by atoms with Crippen LogP contribution in [0.4, 0.5) is 10.1 Å². The second kappa shape index (κ2) is 5.64. The number of hydrogen-bond donors (Lipinski definition) is 2. The maximum absolute atomic E-state index is 13.2. The van der Waals surface area contributed by atoms with Crippen LogP contribution in [0.25, 0.3) is 10.4 Å². The van der Waals surface area contributed by atoms with Crippen LogP contribution >= 0.6 is 22.7 Å². The third kappa shape index (κ3) is 2.84. The van der Waals surface area contributed by atoms with Gasteiger partial charge in [0.15, 0.2) is 11.6 Å². The number of phenolic OH excluding ortho intramolecular Hbond substituents is 1. The minimum absolute atomic E-state index is 0.327. The van der Waals surface area contributed by atoms with Crippen LogP contribution < -0.4 is 5.32 Å². The first-order valence-corrected chi connectivity index (χ1v) is 7.82. The van der Waals surface area contributed by atoms with Crippen molar-refractivity contribution >= 4 is 28.4 Å². The molecule has 0 aliphatic rings. The van der Waals surface area contributed by atoms with E-state index in [0.717, 1.165) is 0 Å². The molecule has 2 heterocycles. The van der Waals surface area contributed by atoms with Gasteiger partial charge in [-0.3, -0.25) is 0 Å². The zero-order chi connectivity index (χ0) is 13.9. The van der Waals surface area contributed by atoms with Gasteiger partial charge in [-0.1, -0.05) is 6.07 Å². The van der Waals surface area contributed by atoms with Gasteiger partial charge in [0.25, 0.3) is 0 Å². The molecule has 2 N–H and O–H groups in total. The predicted molar refractivity (Wildman–Crippen MR) is 83.0 cm³/mol. The fraction of sp³-hybridized carbons (Fsp3) is 0.0667.